The fraction of sp³-hybridized carbons (Fsp3) is 0.125. The fourth-order valence-corrected chi connectivity index (χ4v) is 2.33. The molecule has 0 unspecified atom stereocenters. The van der Waals surface area contributed by atoms with Crippen LogP contribution in [0.5, 0.6) is 0 Å². The Morgan fingerprint density at radius 1 is 1.00 bits per heavy atom. The van der Waals surface area contributed by atoms with Crippen LogP contribution in [-0.2, 0) is 4.74 Å². The summed E-state index contributed by atoms with van der Waals surface area (Å²) in [5.41, 5.74) is -0.0141. The van der Waals surface area contributed by atoms with E-state index in [9.17, 15) is 19.2 Å². The van der Waals surface area contributed by atoms with E-state index in [1.165, 1.54) is 18.3 Å². The first-order valence-electron chi connectivity index (χ1n) is 6.89. The maximum Gasteiger partial charge on any atom is 0.343 e. The highest BCUT2D eigenvalue weighted by Gasteiger charge is 2.34. The first-order valence-corrected chi connectivity index (χ1v) is 6.89. The molecule has 0 aliphatic carbocycles. The minimum absolute atomic E-state index is 0.0666. The predicted octanol–water partition coefficient (Wildman–Crippen LogP) is 0.828. The molecule has 1 aromatic carbocycles. The lowest BCUT2D eigenvalue weighted by molar-refractivity contribution is 0.0419. The summed E-state index contributed by atoms with van der Waals surface area (Å²) in [5.74, 6) is -1.64. The number of amides is 2. The maximum absolute atomic E-state index is 12.1. The van der Waals surface area contributed by atoms with Crippen molar-refractivity contribution < 1.29 is 19.1 Å². The zero-order chi connectivity index (χ0) is 16.4. The number of carbonyl (C=O) groups is 3. The normalized spacial score (nSPS) is 13.1. The van der Waals surface area contributed by atoms with E-state index in [2.05, 4.69) is 4.98 Å². The number of fused-ring (bicyclic) bond motifs is 1. The van der Waals surface area contributed by atoms with Gasteiger partial charge in [0.2, 0.25) is 0 Å². The van der Waals surface area contributed by atoms with Crippen LogP contribution in [0, 0.1) is 0 Å². The van der Waals surface area contributed by atoms with Gasteiger partial charge >= 0.3 is 5.97 Å². The first kappa shape index (κ1) is 14.7. The first-order chi connectivity index (χ1) is 11.1. The van der Waals surface area contributed by atoms with Gasteiger partial charge in [-0.3, -0.25) is 19.3 Å². The van der Waals surface area contributed by atoms with Crippen LogP contribution in [0.15, 0.2) is 47.4 Å². The molecule has 0 bridgehead atoms. The highest BCUT2D eigenvalue weighted by molar-refractivity contribution is 6.21. The van der Waals surface area contributed by atoms with Gasteiger partial charge in [0.25, 0.3) is 17.4 Å². The van der Waals surface area contributed by atoms with Gasteiger partial charge in [-0.05, 0) is 24.3 Å². The molecule has 1 aromatic heterocycles. The second-order valence-electron chi connectivity index (χ2n) is 4.86. The molecule has 0 saturated carbocycles. The average Bonchev–Trinajstić information content (AvgIpc) is 2.80. The third-order valence-corrected chi connectivity index (χ3v) is 3.46. The minimum Gasteiger partial charge on any atom is -0.460 e. The van der Waals surface area contributed by atoms with E-state index in [0.29, 0.717) is 11.1 Å². The summed E-state index contributed by atoms with van der Waals surface area (Å²) >= 11 is 0. The van der Waals surface area contributed by atoms with E-state index in [0.717, 1.165) is 4.90 Å². The third kappa shape index (κ3) is 2.64. The number of nitrogens with one attached hydrogen (secondary N) is 1. The third-order valence-electron chi connectivity index (χ3n) is 3.46. The number of benzene rings is 1. The van der Waals surface area contributed by atoms with Crippen molar-refractivity contribution in [1.82, 2.24) is 9.88 Å². The SMILES string of the molecule is O=C(OCCN1C(=O)c2ccccc2C1=O)c1ccc[nH]c1=O. The lowest BCUT2D eigenvalue weighted by Gasteiger charge is -2.13. The van der Waals surface area contributed by atoms with Gasteiger partial charge < -0.3 is 9.72 Å². The highest BCUT2D eigenvalue weighted by atomic mass is 16.5. The number of aromatic amines is 1. The standard InChI is InChI=1S/C16H12N2O5/c19-13-12(6-3-7-17-13)16(22)23-9-8-18-14(20)10-4-1-2-5-11(10)15(18)21/h1-7H,8-9H2,(H,17,19). The zero-order valence-corrected chi connectivity index (χ0v) is 11.9. The number of esters is 1. The molecule has 23 heavy (non-hydrogen) atoms. The molecule has 1 aliphatic heterocycles. The number of nitrogens with zero attached hydrogens (tertiary/aromatic N) is 1. The Balaban J connectivity index is 1.63. The van der Waals surface area contributed by atoms with Crippen molar-refractivity contribution in [3.8, 4) is 0 Å². The maximum atomic E-state index is 12.1. The van der Waals surface area contributed by atoms with Crippen molar-refractivity contribution in [2.45, 2.75) is 0 Å². The molecule has 2 amide bonds. The minimum atomic E-state index is -0.802. The van der Waals surface area contributed by atoms with Crippen LogP contribution in [0.2, 0.25) is 0 Å². The van der Waals surface area contributed by atoms with Gasteiger partial charge in [-0.2, -0.15) is 0 Å². The number of pyridine rings is 1. The fourth-order valence-electron chi connectivity index (χ4n) is 2.33. The number of rotatable bonds is 4. The molecule has 1 N–H and O–H groups in total. The Morgan fingerprint density at radius 2 is 1.65 bits per heavy atom. The molecule has 2 aromatic rings. The lowest BCUT2D eigenvalue weighted by atomic mass is 10.1. The highest BCUT2D eigenvalue weighted by Crippen LogP contribution is 2.21. The van der Waals surface area contributed by atoms with Crippen LogP contribution in [0.4, 0.5) is 0 Å². The summed E-state index contributed by atoms with van der Waals surface area (Å²) < 4.78 is 4.96. The van der Waals surface area contributed by atoms with E-state index in [1.54, 1.807) is 24.3 Å². The van der Waals surface area contributed by atoms with Crippen molar-refractivity contribution in [3.05, 3.63) is 69.6 Å². The molecule has 116 valence electrons. The van der Waals surface area contributed by atoms with Gasteiger partial charge in [-0.25, -0.2) is 4.79 Å². The molecule has 0 fully saturated rings. The monoisotopic (exact) mass is 312 g/mol. The van der Waals surface area contributed by atoms with Crippen LogP contribution in [0.3, 0.4) is 0 Å². The van der Waals surface area contributed by atoms with Gasteiger partial charge in [-0.15, -0.1) is 0 Å². The number of carbonyl (C=O) groups excluding carboxylic acids is 3. The summed E-state index contributed by atoms with van der Waals surface area (Å²) in [6, 6.07) is 9.34. The van der Waals surface area contributed by atoms with Crippen LogP contribution < -0.4 is 5.56 Å². The molecule has 3 rings (SSSR count). The number of imide groups is 1. The van der Waals surface area contributed by atoms with Gasteiger partial charge in [0.15, 0.2) is 0 Å². The Labute approximate surface area is 130 Å². The van der Waals surface area contributed by atoms with E-state index >= 15 is 0 Å². The van der Waals surface area contributed by atoms with Crippen LogP contribution in [0.25, 0.3) is 0 Å². The van der Waals surface area contributed by atoms with Gasteiger partial charge in [0.1, 0.15) is 12.2 Å². The molecular formula is C16H12N2O5. The topological polar surface area (TPSA) is 96.5 Å². The second-order valence-corrected chi connectivity index (χ2v) is 4.86. The van der Waals surface area contributed by atoms with E-state index in [1.807, 2.05) is 0 Å². The Kier molecular flexibility index (Phi) is 3.76. The van der Waals surface area contributed by atoms with Crippen LogP contribution in [-0.4, -0.2) is 40.8 Å². The number of hydrogen-bond acceptors (Lipinski definition) is 5. The summed E-state index contributed by atoms with van der Waals surface area (Å²) in [6.07, 6.45) is 1.40. The van der Waals surface area contributed by atoms with Gasteiger partial charge in [0.05, 0.1) is 17.7 Å². The second kappa shape index (κ2) is 5.88. The average molecular weight is 312 g/mol. The molecule has 0 spiro atoms. The Bertz CT molecular complexity index is 820. The molecule has 0 saturated heterocycles. The zero-order valence-electron chi connectivity index (χ0n) is 11.9. The molecule has 0 atom stereocenters. The van der Waals surface area contributed by atoms with E-state index in [-0.39, 0.29) is 18.7 Å². The number of hydrogen-bond donors (Lipinski definition) is 1. The van der Waals surface area contributed by atoms with Crippen molar-refractivity contribution in [2.24, 2.45) is 0 Å². The van der Waals surface area contributed by atoms with Gasteiger partial charge in [0, 0.05) is 6.20 Å². The molecule has 7 heteroatoms. The molecule has 0 radical (unpaired) electrons. The molecule has 1 aliphatic rings. The molecule has 7 nitrogen and oxygen atoms in total. The number of ether oxygens (including phenoxy) is 1. The van der Waals surface area contributed by atoms with Crippen molar-refractivity contribution in [1.29, 1.82) is 0 Å². The number of aromatic nitrogens is 1. The summed E-state index contributed by atoms with van der Waals surface area (Å²) in [6.45, 7) is -0.249. The summed E-state index contributed by atoms with van der Waals surface area (Å²) in [5, 5.41) is 0. The Morgan fingerprint density at radius 3 is 2.26 bits per heavy atom. The smallest absolute Gasteiger partial charge is 0.343 e. The van der Waals surface area contributed by atoms with Crippen molar-refractivity contribution >= 4 is 17.8 Å². The molecular weight excluding hydrogens is 300 g/mol. The van der Waals surface area contributed by atoms with Crippen molar-refractivity contribution in [2.75, 3.05) is 13.2 Å². The van der Waals surface area contributed by atoms with Crippen LogP contribution in [0.1, 0.15) is 31.1 Å². The predicted molar refractivity (Wildman–Crippen MR) is 79.2 cm³/mol. The Hall–Kier alpha value is -3.22. The quantitative estimate of drug-likeness (QED) is 0.666. The summed E-state index contributed by atoms with van der Waals surface area (Å²) in [4.78, 5) is 50.9. The summed E-state index contributed by atoms with van der Waals surface area (Å²) in [7, 11) is 0. The lowest BCUT2D eigenvalue weighted by Crippen LogP contribution is -2.33. The van der Waals surface area contributed by atoms with Gasteiger partial charge in [-0.1, -0.05) is 12.1 Å². The van der Waals surface area contributed by atoms with Crippen LogP contribution >= 0.6 is 0 Å². The number of H-pyrrole nitrogens is 1. The van der Waals surface area contributed by atoms with Crippen molar-refractivity contribution in [3.63, 3.8) is 0 Å². The van der Waals surface area contributed by atoms with E-state index in [4.69, 9.17) is 4.74 Å². The van der Waals surface area contributed by atoms with E-state index < -0.39 is 23.3 Å². The largest absolute Gasteiger partial charge is 0.460 e. The molecule has 2 heterocycles.